The van der Waals surface area contributed by atoms with E-state index in [0.717, 1.165) is 25.9 Å². The Balaban J connectivity index is 1.86. The summed E-state index contributed by atoms with van der Waals surface area (Å²) in [6, 6.07) is 8.58. The largest absolute Gasteiger partial charge is 0.481 e. The van der Waals surface area contributed by atoms with Crippen molar-refractivity contribution in [3.8, 4) is 0 Å². The molecule has 1 aromatic carbocycles. The van der Waals surface area contributed by atoms with Gasteiger partial charge in [0.25, 0.3) is 0 Å². The Bertz CT molecular complexity index is 605. The Morgan fingerprint density at radius 1 is 1.32 bits per heavy atom. The number of nitrogens with one attached hydrogen (secondary N) is 1. The fourth-order valence-corrected chi connectivity index (χ4v) is 3.27. The monoisotopic (exact) mass is 347 g/mol. The van der Waals surface area contributed by atoms with Crippen molar-refractivity contribution < 1.29 is 14.7 Å². The SMILES string of the molecule is CCC(CNC(=O)N(C)CC(C)C(=O)O)N1CCc2ccccc2C1. The van der Waals surface area contributed by atoms with Crippen LogP contribution in [-0.2, 0) is 17.8 Å². The van der Waals surface area contributed by atoms with Crippen LogP contribution in [0.3, 0.4) is 0 Å². The Morgan fingerprint density at radius 3 is 2.64 bits per heavy atom. The van der Waals surface area contributed by atoms with Crippen molar-refractivity contribution in [1.82, 2.24) is 15.1 Å². The van der Waals surface area contributed by atoms with E-state index in [1.165, 1.54) is 16.0 Å². The molecule has 0 bridgehead atoms. The normalized spacial score (nSPS) is 16.6. The standard InChI is InChI=1S/C19H29N3O3/c1-4-17(11-20-19(25)21(3)12-14(2)18(23)24)22-10-9-15-7-5-6-8-16(15)13-22/h5-8,14,17H,4,9-13H2,1-3H3,(H,20,25)(H,23,24). The number of carboxylic acid groups (broad SMARTS) is 1. The van der Waals surface area contributed by atoms with Gasteiger partial charge in [-0.2, -0.15) is 0 Å². The maximum absolute atomic E-state index is 12.2. The summed E-state index contributed by atoms with van der Waals surface area (Å²) in [5.74, 6) is -1.46. The van der Waals surface area contributed by atoms with Gasteiger partial charge in [-0.05, 0) is 24.0 Å². The van der Waals surface area contributed by atoms with E-state index in [0.29, 0.717) is 6.54 Å². The predicted molar refractivity (Wildman–Crippen MR) is 97.5 cm³/mol. The Morgan fingerprint density at radius 2 is 2.00 bits per heavy atom. The molecule has 1 aromatic rings. The topological polar surface area (TPSA) is 72.9 Å². The number of nitrogens with zero attached hydrogens (tertiary/aromatic N) is 2. The first-order valence-corrected chi connectivity index (χ1v) is 8.95. The molecule has 2 N–H and O–H groups in total. The van der Waals surface area contributed by atoms with Gasteiger partial charge in [0.15, 0.2) is 0 Å². The Kier molecular flexibility index (Phi) is 6.82. The number of fused-ring (bicyclic) bond motifs is 1. The number of hydrogen-bond donors (Lipinski definition) is 2. The van der Waals surface area contributed by atoms with Gasteiger partial charge in [-0.1, -0.05) is 38.1 Å². The van der Waals surface area contributed by atoms with E-state index < -0.39 is 11.9 Å². The molecule has 1 heterocycles. The van der Waals surface area contributed by atoms with Gasteiger partial charge in [-0.3, -0.25) is 9.69 Å². The van der Waals surface area contributed by atoms with Crippen LogP contribution in [0.15, 0.2) is 24.3 Å². The Hall–Kier alpha value is -2.08. The lowest BCUT2D eigenvalue weighted by molar-refractivity contribution is -0.141. The van der Waals surface area contributed by atoms with E-state index in [-0.39, 0.29) is 18.6 Å². The molecule has 2 amide bonds. The quantitative estimate of drug-likeness (QED) is 0.793. The summed E-state index contributed by atoms with van der Waals surface area (Å²) in [5, 5.41) is 11.9. The number of urea groups is 1. The van der Waals surface area contributed by atoms with Crippen molar-refractivity contribution in [3.63, 3.8) is 0 Å². The molecule has 0 saturated heterocycles. The third-order valence-electron chi connectivity index (χ3n) is 4.95. The number of carbonyl (C=O) groups is 2. The van der Waals surface area contributed by atoms with Crippen molar-refractivity contribution in [1.29, 1.82) is 0 Å². The highest BCUT2D eigenvalue weighted by Crippen LogP contribution is 2.21. The van der Waals surface area contributed by atoms with Gasteiger partial charge < -0.3 is 15.3 Å². The first-order chi connectivity index (χ1) is 11.9. The molecule has 25 heavy (non-hydrogen) atoms. The number of aliphatic carboxylic acids is 1. The molecule has 2 atom stereocenters. The summed E-state index contributed by atoms with van der Waals surface area (Å²) in [6.45, 7) is 6.42. The zero-order chi connectivity index (χ0) is 18.4. The maximum atomic E-state index is 12.2. The van der Waals surface area contributed by atoms with E-state index in [4.69, 9.17) is 5.11 Å². The molecular weight excluding hydrogens is 318 g/mol. The van der Waals surface area contributed by atoms with Crippen molar-refractivity contribution in [3.05, 3.63) is 35.4 Å². The average molecular weight is 347 g/mol. The predicted octanol–water partition coefficient (Wildman–Crippen LogP) is 2.19. The molecule has 1 aliphatic rings. The minimum atomic E-state index is -0.891. The molecule has 2 rings (SSSR count). The second-order valence-electron chi connectivity index (χ2n) is 6.86. The minimum Gasteiger partial charge on any atom is -0.481 e. The number of carbonyl (C=O) groups excluding carboxylic acids is 1. The van der Waals surface area contributed by atoms with Crippen LogP contribution in [-0.4, -0.2) is 59.6 Å². The average Bonchev–Trinajstić information content (AvgIpc) is 2.61. The molecule has 0 saturated carbocycles. The van der Waals surface area contributed by atoms with Crippen molar-refractivity contribution >= 4 is 12.0 Å². The summed E-state index contributed by atoms with van der Waals surface area (Å²) in [6.07, 6.45) is 1.99. The van der Waals surface area contributed by atoms with Crippen LogP contribution in [0.1, 0.15) is 31.4 Å². The molecule has 6 heteroatoms. The van der Waals surface area contributed by atoms with Gasteiger partial charge >= 0.3 is 12.0 Å². The molecule has 6 nitrogen and oxygen atoms in total. The first-order valence-electron chi connectivity index (χ1n) is 8.95. The lowest BCUT2D eigenvalue weighted by atomic mass is 9.98. The highest BCUT2D eigenvalue weighted by atomic mass is 16.4. The van der Waals surface area contributed by atoms with Crippen LogP contribution in [0.25, 0.3) is 0 Å². The summed E-state index contributed by atoms with van der Waals surface area (Å²) >= 11 is 0. The van der Waals surface area contributed by atoms with E-state index in [9.17, 15) is 9.59 Å². The Labute approximate surface area is 149 Å². The van der Waals surface area contributed by atoms with Crippen LogP contribution in [0, 0.1) is 5.92 Å². The zero-order valence-electron chi connectivity index (χ0n) is 15.4. The van der Waals surface area contributed by atoms with E-state index in [2.05, 4.69) is 41.4 Å². The molecular formula is C19H29N3O3. The van der Waals surface area contributed by atoms with E-state index in [1.807, 2.05) is 0 Å². The van der Waals surface area contributed by atoms with Crippen LogP contribution in [0.5, 0.6) is 0 Å². The van der Waals surface area contributed by atoms with Gasteiger partial charge in [0, 0.05) is 39.3 Å². The molecule has 1 aliphatic heterocycles. The number of benzene rings is 1. The fourth-order valence-electron chi connectivity index (χ4n) is 3.27. The van der Waals surface area contributed by atoms with Crippen LogP contribution in [0.2, 0.25) is 0 Å². The zero-order valence-corrected chi connectivity index (χ0v) is 15.4. The highest BCUT2D eigenvalue weighted by molar-refractivity contribution is 5.75. The van der Waals surface area contributed by atoms with E-state index in [1.54, 1.807) is 14.0 Å². The first kappa shape index (κ1) is 19.2. The lowest BCUT2D eigenvalue weighted by Crippen LogP contribution is -2.48. The third kappa shape index (κ3) is 5.19. The van der Waals surface area contributed by atoms with Gasteiger partial charge in [-0.15, -0.1) is 0 Å². The summed E-state index contributed by atoms with van der Waals surface area (Å²) in [5.41, 5.74) is 2.78. The van der Waals surface area contributed by atoms with Crippen molar-refractivity contribution in [2.24, 2.45) is 5.92 Å². The summed E-state index contributed by atoms with van der Waals surface area (Å²) < 4.78 is 0. The van der Waals surface area contributed by atoms with Gasteiger partial charge in [0.2, 0.25) is 0 Å². The molecule has 0 fully saturated rings. The van der Waals surface area contributed by atoms with Gasteiger partial charge in [0.05, 0.1) is 5.92 Å². The fraction of sp³-hybridized carbons (Fsp3) is 0.579. The van der Waals surface area contributed by atoms with Crippen molar-refractivity contribution in [2.45, 2.75) is 39.3 Å². The molecule has 0 aliphatic carbocycles. The van der Waals surface area contributed by atoms with Crippen LogP contribution < -0.4 is 5.32 Å². The highest BCUT2D eigenvalue weighted by Gasteiger charge is 2.23. The lowest BCUT2D eigenvalue weighted by Gasteiger charge is -2.35. The number of carboxylic acids is 1. The summed E-state index contributed by atoms with van der Waals surface area (Å²) in [7, 11) is 1.63. The number of amides is 2. The second kappa shape index (κ2) is 8.85. The van der Waals surface area contributed by atoms with Crippen LogP contribution in [0.4, 0.5) is 4.79 Å². The number of hydrogen-bond acceptors (Lipinski definition) is 3. The molecule has 0 spiro atoms. The summed E-state index contributed by atoms with van der Waals surface area (Å²) in [4.78, 5) is 27.0. The molecule has 138 valence electrons. The number of rotatable bonds is 7. The maximum Gasteiger partial charge on any atom is 0.317 e. The molecule has 0 aromatic heterocycles. The van der Waals surface area contributed by atoms with Gasteiger partial charge in [-0.25, -0.2) is 4.79 Å². The van der Waals surface area contributed by atoms with Crippen molar-refractivity contribution in [2.75, 3.05) is 26.7 Å². The molecule has 2 unspecified atom stereocenters. The second-order valence-corrected chi connectivity index (χ2v) is 6.86. The van der Waals surface area contributed by atoms with Gasteiger partial charge in [0.1, 0.15) is 0 Å². The minimum absolute atomic E-state index is 0.203. The third-order valence-corrected chi connectivity index (χ3v) is 4.95. The van der Waals surface area contributed by atoms with Crippen LogP contribution >= 0.6 is 0 Å². The van der Waals surface area contributed by atoms with E-state index >= 15 is 0 Å². The molecule has 0 radical (unpaired) electrons. The smallest absolute Gasteiger partial charge is 0.317 e.